The van der Waals surface area contributed by atoms with Gasteiger partial charge >= 0.3 is 0 Å². The predicted octanol–water partition coefficient (Wildman–Crippen LogP) is 7.00. The first-order valence-corrected chi connectivity index (χ1v) is 13.1. The van der Waals surface area contributed by atoms with Gasteiger partial charge in [0.2, 0.25) is 5.95 Å². The summed E-state index contributed by atoms with van der Waals surface area (Å²) in [6, 6.07) is 33.3. The Morgan fingerprint density at radius 2 is 1.50 bits per heavy atom. The lowest BCUT2D eigenvalue weighted by Crippen LogP contribution is -2.13. The molecule has 8 nitrogen and oxygen atoms in total. The van der Waals surface area contributed by atoms with Crippen LogP contribution in [0.1, 0.15) is 15.9 Å². The molecule has 0 saturated heterocycles. The molecule has 0 atom stereocenters. The summed E-state index contributed by atoms with van der Waals surface area (Å²) in [5.41, 5.74) is 7.20. The lowest BCUT2D eigenvalue weighted by molar-refractivity contribution is 0.102. The van der Waals surface area contributed by atoms with Gasteiger partial charge in [-0.2, -0.15) is 5.10 Å². The molecule has 2 heterocycles. The topological polar surface area (TPSA) is 101 Å². The molecule has 6 rings (SSSR count). The standard InChI is InChI=1S/C30H21Cl2N7O/c31-25-14-24(15-26(32)16-25)28-17-27(23-8-4-7-22(13-23)20-5-2-1-3-6-20)36-39(28)18-19-9-11-21(12-10-19)29(40)33-30-34-37-38-35-30/h1-17H,18H2,(H2,33,34,35,37,38,40). The van der Waals surface area contributed by atoms with Crippen LogP contribution < -0.4 is 5.32 Å². The Morgan fingerprint density at radius 1 is 0.775 bits per heavy atom. The van der Waals surface area contributed by atoms with E-state index in [1.54, 1.807) is 18.2 Å². The Hall–Kier alpha value is -4.79. The quantitative estimate of drug-likeness (QED) is 0.217. The smallest absolute Gasteiger partial charge is 0.258 e. The van der Waals surface area contributed by atoms with Gasteiger partial charge in [-0.15, -0.1) is 0 Å². The van der Waals surface area contributed by atoms with E-state index in [-0.39, 0.29) is 11.9 Å². The number of carbonyl (C=O) groups excluding carboxylic acids is 1. The number of H-pyrrole nitrogens is 1. The fourth-order valence-corrected chi connectivity index (χ4v) is 4.95. The summed E-state index contributed by atoms with van der Waals surface area (Å²) >= 11 is 12.7. The van der Waals surface area contributed by atoms with Gasteiger partial charge in [0.1, 0.15) is 0 Å². The highest BCUT2D eigenvalue weighted by Crippen LogP contribution is 2.32. The lowest BCUT2D eigenvalue weighted by atomic mass is 10.0. The molecule has 2 N–H and O–H groups in total. The minimum atomic E-state index is -0.320. The first kappa shape index (κ1) is 25.5. The number of aromatic nitrogens is 6. The maximum Gasteiger partial charge on any atom is 0.258 e. The summed E-state index contributed by atoms with van der Waals surface area (Å²) in [6.45, 7) is 0.464. The van der Waals surface area contributed by atoms with Crippen LogP contribution in [-0.4, -0.2) is 36.3 Å². The molecular formula is C30H21Cl2N7O. The van der Waals surface area contributed by atoms with E-state index in [1.807, 2.05) is 65.3 Å². The molecule has 4 aromatic carbocycles. The molecule has 1 amide bonds. The highest BCUT2D eigenvalue weighted by Gasteiger charge is 2.15. The number of tetrazole rings is 1. The second-order valence-electron chi connectivity index (χ2n) is 9.08. The largest absolute Gasteiger partial charge is 0.289 e. The van der Waals surface area contributed by atoms with Crippen molar-refractivity contribution in [2.45, 2.75) is 6.54 Å². The van der Waals surface area contributed by atoms with E-state index in [4.69, 9.17) is 28.3 Å². The highest BCUT2D eigenvalue weighted by molar-refractivity contribution is 6.35. The van der Waals surface area contributed by atoms with Crippen LogP contribution >= 0.6 is 23.2 Å². The first-order chi connectivity index (χ1) is 19.5. The summed E-state index contributed by atoms with van der Waals surface area (Å²) in [4.78, 5) is 12.5. The van der Waals surface area contributed by atoms with Crippen molar-refractivity contribution in [1.29, 1.82) is 0 Å². The van der Waals surface area contributed by atoms with E-state index < -0.39 is 0 Å². The van der Waals surface area contributed by atoms with Crippen LogP contribution in [0.4, 0.5) is 5.95 Å². The van der Waals surface area contributed by atoms with Crippen LogP contribution in [-0.2, 0) is 6.54 Å². The number of carbonyl (C=O) groups is 1. The maximum absolute atomic E-state index is 12.5. The number of nitrogens with zero attached hydrogens (tertiary/aromatic N) is 5. The van der Waals surface area contributed by atoms with Gasteiger partial charge < -0.3 is 0 Å². The monoisotopic (exact) mass is 565 g/mol. The average molecular weight is 566 g/mol. The van der Waals surface area contributed by atoms with Crippen molar-refractivity contribution in [1.82, 2.24) is 30.4 Å². The third-order valence-electron chi connectivity index (χ3n) is 6.33. The molecule has 0 saturated carbocycles. The SMILES string of the molecule is O=C(Nc1nnn[nH]1)c1ccc(Cn2nc(-c3cccc(-c4ccccc4)c3)cc2-c2cc(Cl)cc(Cl)c2)cc1. The molecule has 0 radical (unpaired) electrons. The van der Waals surface area contributed by atoms with Gasteiger partial charge in [0.15, 0.2) is 0 Å². The van der Waals surface area contributed by atoms with E-state index in [9.17, 15) is 4.79 Å². The summed E-state index contributed by atoms with van der Waals surface area (Å²) in [5.74, 6) is -0.140. The van der Waals surface area contributed by atoms with E-state index in [0.29, 0.717) is 22.2 Å². The van der Waals surface area contributed by atoms with Gasteiger partial charge in [-0.3, -0.25) is 14.8 Å². The normalized spacial score (nSPS) is 10.9. The van der Waals surface area contributed by atoms with Crippen molar-refractivity contribution in [3.8, 4) is 33.6 Å². The zero-order valence-electron chi connectivity index (χ0n) is 20.9. The van der Waals surface area contributed by atoms with Crippen molar-refractivity contribution in [2.24, 2.45) is 0 Å². The van der Waals surface area contributed by atoms with Gasteiger partial charge in [-0.25, -0.2) is 5.10 Å². The zero-order chi connectivity index (χ0) is 27.5. The zero-order valence-corrected chi connectivity index (χ0v) is 22.4. The van der Waals surface area contributed by atoms with Gasteiger partial charge in [-0.05, 0) is 69.6 Å². The number of benzene rings is 4. The van der Waals surface area contributed by atoms with Gasteiger partial charge in [0, 0.05) is 26.7 Å². The highest BCUT2D eigenvalue weighted by atomic mass is 35.5. The molecule has 196 valence electrons. The third kappa shape index (κ3) is 5.63. The second-order valence-corrected chi connectivity index (χ2v) is 9.95. The number of hydrogen-bond acceptors (Lipinski definition) is 5. The molecule has 40 heavy (non-hydrogen) atoms. The third-order valence-corrected chi connectivity index (χ3v) is 6.77. The Balaban J connectivity index is 1.34. The summed E-state index contributed by atoms with van der Waals surface area (Å²) < 4.78 is 1.92. The van der Waals surface area contributed by atoms with Crippen LogP contribution in [0.5, 0.6) is 0 Å². The van der Waals surface area contributed by atoms with Crippen LogP contribution in [0.3, 0.4) is 0 Å². The first-order valence-electron chi connectivity index (χ1n) is 12.4. The number of aromatic amines is 1. The van der Waals surface area contributed by atoms with Crippen LogP contribution in [0, 0.1) is 0 Å². The Labute approximate surface area is 239 Å². The molecule has 10 heteroatoms. The average Bonchev–Trinajstić information content (AvgIpc) is 3.64. The molecule has 0 aliphatic rings. The summed E-state index contributed by atoms with van der Waals surface area (Å²) in [6.07, 6.45) is 0. The number of amides is 1. The molecule has 0 spiro atoms. The summed E-state index contributed by atoms with van der Waals surface area (Å²) in [5, 5.41) is 21.8. The fraction of sp³-hybridized carbons (Fsp3) is 0.0333. The molecule has 2 aromatic heterocycles. The van der Waals surface area contributed by atoms with Crippen LogP contribution in [0.2, 0.25) is 10.0 Å². The van der Waals surface area contributed by atoms with Crippen molar-refractivity contribution in [3.05, 3.63) is 124 Å². The predicted molar refractivity (Wildman–Crippen MR) is 156 cm³/mol. The molecular weight excluding hydrogens is 545 g/mol. The minimum Gasteiger partial charge on any atom is -0.289 e. The van der Waals surface area contributed by atoms with Crippen molar-refractivity contribution in [3.63, 3.8) is 0 Å². The lowest BCUT2D eigenvalue weighted by Gasteiger charge is -2.09. The van der Waals surface area contributed by atoms with E-state index in [2.05, 4.69) is 50.2 Å². The molecule has 0 unspecified atom stereocenters. The second kappa shape index (κ2) is 11.1. The van der Waals surface area contributed by atoms with Crippen LogP contribution in [0.15, 0.2) is 103 Å². The molecule has 0 aliphatic heterocycles. The van der Waals surface area contributed by atoms with E-state index in [0.717, 1.165) is 39.2 Å². The van der Waals surface area contributed by atoms with Crippen molar-refractivity contribution in [2.75, 3.05) is 5.32 Å². The van der Waals surface area contributed by atoms with Gasteiger partial charge in [0.25, 0.3) is 5.91 Å². The van der Waals surface area contributed by atoms with Gasteiger partial charge in [0.05, 0.1) is 17.9 Å². The van der Waals surface area contributed by atoms with Crippen molar-refractivity contribution < 1.29 is 4.79 Å². The maximum atomic E-state index is 12.5. The Morgan fingerprint density at radius 3 is 2.23 bits per heavy atom. The van der Waals surface area contributed by atoms with E-state index in [1.165, 1.54) is 0 Å². The Bertz CT molecular complexity index is 1760. The molecule has 6 aromatic rings. The van der Waals surface area contributed by atoms with Crippen molar-refractivity contribution >= 4 is 35.1 Å². The van der Waals surface area contributed by atoms with Crippen LogP contribution in [0.25, 0.3) is 33.6 Å². The summed E-state index contributed by atoms with van der Waals surface area (Å²) in [7, 11) is 0. The number of anilines is 1. The number of rotatable bonds is 7. The fourth-order valence-electron chi connectivity index (χ4n) is 4.43. The minimum absolute atomic E-state index is 0.180. The number of halogens is 2. The molecule has 0 aliphatic carbocycles. The number of nitrogens with one attached hydrogen (secondary N) is 2. The molecule has 0 bridgehead atoms. The number of hydrogen-bond donors (Lipinski definition) is 2. The Kier molecular flexibility index (Phi) is 7.09. The van der Waals surface area contributed by atoms with Gasteiger partial charge in [-0.1, -0.05) is 89.0 Å². The molecule has 0 fully saturated rings. The van der Waals surface area contributed by atoms with E-state index >= 15 is 0 Å².